The van der Waals surface area contributed by atoms with Crippen molar-refractivity contribution in [1.82, 2.24) is 9.78 Å². The van der Waals surface area contributed by atoms with E-state index < -0.39 is 12.1 Å². The summed E-state index contributed by atoms with van der Waals surface area (Å²) >= 11 is 0. The molecule has 0 N–H and O–H groups in total. The molecule has 1 aliphatic rings. The van der Waals surface area contributed by atoms with Gasteiger partial charge >= 0.3 is 5.97 Å². The standard InChI is InChI=1S/C16H17FN2O2/c1-2-21-16(20)15-13-8-12(17)9-14(13)19(18-15)10-11-6-4-3-5-7-11/h3-7,12H,2,8-10H2,1H3. The average Bonchev–Trinajstić information content (AvgIpc) is 2.99. The second kappa shape index (κ2) is 5.68. The van der Waals surface area contributed by atoms with Gasteiger partial charge in [-0.1, -0.05) is 30.3 Å². The Morgan fingerprint density at radius 3 is 2.86 bits per heavy atom. The number of rotatable bonds is 4. The summed E-state index contributed by atoms with van der Waals surface area (Å²) in [5, 5.41) is 4.36. The minimum Gasteiger partial charge on any atom is -0.461 e. The Balaban J connectivity index is 1.94. The van der Waals surface area contributed by atoms with Gasteiger partial charge in [0.25, 0.3) is 0 Å². The molecule has 0 fully saturated rings. The number of ether oxygens (including phenoxy) is 1. The largest absolute Gasteiger partial charge is 0.461 e. The van der Waals surface area contributed by atoms with Crippen molar-refractivity contribution in [1.29, 1.82) is 0 Å². The average molecular weight is 288 g/mol. The molecule has 1 aromatic heterocycles. The number of carbonyl (C=O) groups is 1. The molecule has 3 rings (SSSR count). The molecule has 0 saturated carbocycles. The SMILES string of the molecule is CCOC(=O)c1nn(Cc2ccccc2)c2c1CC(F)C2. The van der Waals surface area contributed by atoms with Crippen LogP contribution < -0.4 is 0 Å². The second-order valence-corrected chi connectivity index (χ2v) is 5.14. The summed E-state index contributed by atoms with van der Waals surface area (Å²) in [4.78, 5) is 12.0. The van der Waals surface area contributed by atoms with Crippen LogP contribution in [-0.4, -0.2) is 28.5 Å². The number of fused-ring (bicyclic) bond motifs is 1. The number of alkyl halides is 1. The van der Waals surface area contributed by atoms with E-state index >= 15 is 0 Å². The highest BCUT2D eigenvalue weighted by molar-refractivity contribution is 5.89. The summed E-state index contributed by atoms with van der Waals surface area (Å²) in [6, 6.07) is 9.81. The first kappa shape index (κ1) is 13.8. The number of carbonyl (C=O) groups excluding carboxylic acids is 1. The quantitative estimate of drug-likeness (QED) is 0.812. The maximum absolute atomic E-state index is 13.7. The molecular weight excluding hydrogens is 271 g/mol. The van der Waals surface area contributed by atoms with Crippen molar-refractivity contribution in [3.05, 3.63) is 52.8 Å². The van der Waals surface area contributed by atoms with Crippen molar-refractivity contribution in [2.24, 2.45) is 0 Å². The van der Waals surface area contributed by atoms with E-state index in [1.807, 2.05) is 30.3 Å². The van der Waals surface area contributed by atoms with Gasteiger partial charge in [0.05, 0.1) is 13.2 Å². The summed E-state index contributed by atoms with van der Waals surface area (Å²) in [6.07, 6.45) is -0.375. The molecule has 4 nitrogen and oxygen atoms in total. The topological polar surface area (TPSA) is 44.1 Å². The summed E-state index contributed by atoms with van der Waals surface area (Å²) in [6.45, 7) is 2.57. The van der Waals surface area contributed by atoms with Crippen molar-refractivity contribution >= 4 is 5.97 Å². The zero-order valence-electron chi connectivity index (χ0n) is 11.9. The van der Waals surface area contributed by atoms with Crippen LogP contribution in [0.15, 0.2) is 30.3 Å². The van der Waals surface area contributed by atoms with Gasteiger partial charge in [-0.3, -0.25) is 4.68 Å². The van der Waals surface area contributed by atoms with Gasteiger partial charge in [0.2, 0.25) is 0 Å². The van der Waals surface area contributed by atoms with E-state index in [0.717, 1.165) is 11.3 Å². The monoisotopic (exact) mass is 288 g/mol. The lowest BCUT2D eigenvalue weighted by molar-refractivity contribution is 0.0517. The maximum Gasteiger partial charge on any atom is 0.359 e. The number of aromatic nitrogens is 2. The van der Waals surface area contributed by atoms with Crippen molar-refractivity contribution in [2.45, 2.75) is 32.5 Å². The summed E-state index contributed by atoms with van der Waals surface area (Å²) in [7, 11) is 0. The summed E-state index contributed by atoms with van der Waals surface area (Å²) in [5.41, 5.74) is 2.86. The van der Waals surface area contributed by atoms with E-state index in [1.165, 1.54) is 0 Å². The predicted molar refractivity (Wildman–Crippen MR) is 76.0 cm³/mol. The maximum atomic E-state index is 13.7. The Bertz CT molecular complexity index is 652. The van der Waals surface area contributed by atoms with Crippen LogP contribution in [-0.2, 0) is 24.1 Å². The number of benzene rings is 1. The van der Waals surface area contributed by atoms with E-state index in [4.69, 9.17) is 4.74 Å². The van der Waals surface area contributed by atoms with E-state index in [2.05, 4.69) is 5.10 Å². The normalized spacial score (nSPS) is 16.8. The molecule has 1 unspecified atom stereocenters. The van der Waals surface area contributed by atoms with Crippen molar-refractivity contribution < 1.29 is 13.9 Å². The first-order chi connectivity index (χ1) is 10.2. The van der Waals surface area contributed by atoms with Crippen molar-refractivity contribution in [3.8, 4) is 0 Å². The van der Waals surface area contributed by atoms with E-state index in [9.17, 15) is 9.18 Å². The van der Waals surface area contributed by atoms with Crippen LogP contribution in [0.1, 0.15) is 34.2 Å². The van der Waals surface area contributed by atoms with Crippen LogP contribution in [0.3, 0.4) is 0 Å². The Morgan fingerprint density at radius 2 is 2.14 bits per heavy atom. The Kier molecular flexibility index (Phi) is 3.73. The molecule has 0 aliphatic heterocycles. The number of esters is 1. The molecule has 1 aromatic carbocycles. The summed E-state index contributed by atoms with van der Waals surface area (Å²) < 4.78 is 20.5. The van der Waals surface area contributed by atoms with Crippen molar-refractivity contribution in [2.75, 3.05) is 6.61 Å². The van der Waals surface area contributed by atoms with Gasteiger partial charge in [-0.05, 0) is 12.5 Å². The van der Waals surface area contributed by atoms with Gasteiger partial charge in [0.15, 0.2) is 5.69 Å². The highest BCUT2D eigenvalue weighted by Crippen LogP contribution is 2.28. The molecule has 0 saturated heterocycles. The lowest BCUT2D eigenvalue weighted by Gasteiger charge is -2.06. The lowest BCUT2D eigenvalue weighted by atomic mass is 10.2. The number of nitrogens with zero attached hydrogens (tertiary/aromatic N) is 2. The Hall–Kier alpha value is -2.17. The molecule has 0 spiro atoms. The third-order valence-electron chi connectivity index (χ3n) is 3.65. The molecule has 0 bridgehead atoms. The Morgan fingerprint density at radius 1 is 1.38 bits per heavy atom. The van der Waals surface area contributed by atoms with Gasteiger partial charge in [-0.15, -0.1) is 0 Å². The molecule has 21 heavy (non-hydrogen) atoms. The molecule has 2 aromatic rings. The number of halogens is 1. The molecule has 5 heteroatoms. The van der Waals surface area contributed by atoms with Gasteiger partial charge < -0.3 is 4.74 Å². The molecule has 110 valence electrons. The fourth-order valence-electron chi connectivity index (χ4n) is 2.73. The second-order valence-electron chi connectivity index (χ2n) is 5.14. The smallest absolute Gasteiger partial charge is 0.359 e. The van der Waals surface area contributed by atoms with Crippen molar-refractivity contribution in [3.63, 3.8) is 0 Å². The van der Waals surface area contributed by atoms with E-state index in [-0.39, 0.29) is 18.7 Å². The molecule has 0 radical (unpaired) electrons. The molecule has 0 amide bonds. The number of hydrogen-bond donors (Lipinski definition) is 0. The van der Waals surface area contributed by atoms with Crippen LogP contribution in [0.5, 0.6) is 0 Å². The van der Waals surface area contributed by atoms with Gasteiger partial charge in [-0.2, -0.15) is 5.10 Å². The Labute approximate surface area is 122 Å². The fraction of sp³-hybridized carbons (Fsp3) is 0.375. The summed E-state index contributed by atoms with van der Waals surface area (Å²) in [5.74, 6) is -0.463. The highest BCUT2D eigenvalue weighted by atomic mass is 19.1. The van der Waals surface area contributed by atoms with E-state index in [1.54, 1.807) is 11.6 Å². The minimum absolute atomic E-state index is 0.248. The molecule has 1 atom stereocenters. The van der Waals surface area contributed by atoms with E-state index in [0.29, 0.717) is 18.5 Å². The highest BCUT2D eigenvalue weighted by Gasteiger charge is 2.32. The van der Waals surface area contributed by atoms with Crippen LogP contribution in [0.25, 0.3) is 0 Å². The van der Waals surface area contributed by atoms with Crippen LogP contribution >= 0.6 is 0 Å². The predicted octanol–water partition coefficient (Wildman–Crippen LogP) is 2.54. The first-order valence-corrected chi connectivity index (χ1v) is 7.12. The van der Waals surface area contributed by atoms with Crippen LogP contribution in [0, 0.1) is 0 Å². The third-order valence-corrected chi connectivity index (χ3v) is 3.65. The van der Waals surface area contributed by atoms with Gasteiger partial charge in [-0.25, -0.2) is 9.18 Å². The minimum atomic E-state index is -0.937. The molecular formula is C16H17FN2O2. The first-order valence-electron chi connectivity index (χ1n) is 7.12. The fourth-order valence-corrected chi connectivity index (χ4v) is 2.73. The third kappa shape index (κ3) is 2.68. The zero-order chi connectivity index (χ0) is 14.8. The van der Waals surface area contributed by atoms with Gasteiger partial charge in [0.1, 0.15) is 6.17 Å². The lowest BCUT2D eigenvalue weighted by Crippen LogP contribution is -2.12. The zero-order valence-corrected chi connectivity index (χ0v) is 11.9. The molecule has 1 aliphatic carbocycles. The van der Waals surface area contributed by atoms with Gasteiger partial charge in [0, 0.05) is 24.1 Å². The van der Waals surface area contributed by atoms with Crippen LogP contribution in [0.4, 0.5) is 4.39 Å². The van der Waals surface area contributed by atoms with Crippen LogP contribution in [0.2, 0.25) is 0 Å². The number of hydrogen-bond acceptors (Lipinski definition) is 3. The molecule has 1 heterocycles.